The first-order valence-corrected chi connectivity index (χ1v) is 13.6. The molecule has 2 aromatic rings. The molecule has 1 fully saturated rings. The van der Waals surface area contributed by atoms with E-state index >= 15 is 0 Å². The van der Waals surface area contributed by atoms with Gasteiger partial charge in [0.15, 0.2) is 0 Å². The van der Waals surface area contributed by atoms with Crippen molar-refractivity contribution in [2.45, 2.75) is 58.1 Å². The quantitative estimate of drug-likeness (QED) is 0.548. The Balaban J connectivity index is 1.47. The first-order valence-electron chi connectivity index (χ1n) is 12.7. The Kier molecular flexibility index (Phi) is 8.68. The molecule has 1 aromatic carbocycles. The van der Waals surface area contributed by atoms with Crippen molar-refractivity contribution in [2.24, 2.45) is 0 Å². The Morgan fingerprint density at radius 3 is 2.74 bits per heavy atom. The molecule has 3 heterocycles. The van der Waals surface area contributed by atoms with Gasteiger partial charge in [0, 0.05) is 31.1 Å². The van der Waals surface area contributed by atoms with Gasteiger partial charge in [0.1, 0.15) is 18.9 Å². The van der Waals surface area contributed by atoms with Crippen LogP contribution in [-0.4, -0.2) is 67.2 Å². The summed E-state index contributed by atoms with van der Waals surface area (Å²) < 4.78 is 11.9. The average Bonchev–Trinajstić information content (AvgIpc) is 3.54. The van der Waals surface area contributed by atoms with E-state index in [4.69, 9.17) is 9.47 Å². The number of carbonyl (C=O) groups excluding carboxylic acids is 2. The van der Waals surface area contributed by atoms with E-state index in [1.165, 1.54) is 10.4 Å². The minimum absolute atomic E-state index is 0.0109. The van der Waals surface area contributed by atoms with Crippen molar-refractivity contribution in [2.75, 3.05) is 39.4 Å². The number of thiophene rings is 1. The number of rotatable bonds is 9. The van der Waals surface area contributed by atoms with Gasteiger partial charge in [-0.25, -0.2) is 4.79 Å². The van der Waals surface area contributed by atoms with Crippen LogP contribution in [-0.2, 0) is 16.0 Å². The van der Waals surface area contributed by atoms with Crippen LogP contribution in [0.2, 0.25) is 0 Å². The largest absolute Gasteiger partial charge is 0.491 e. The number of urea groups is 1. The number of hydrogen-bond donors (Lipinski definition) is 1. The van der Waals surface area contributed by atoms with Gasteiger partial charge in [-0.05, 0) is 66.8 Å². The Morgan fingerprint density at radius 2 is 2.06 bits per heavy atom. The van der Waals surface area contributed by atoms with E-state index in [1.54, 1.807) is 16.2 Å². The minimum atomic E-state index is -0.220. The van der Waals surface area contributed by atoms with E-state index in [0.29, 0.717) is 38.8 Å². The fourth-order valence-electron chi connectivity index (χ4n) is 4.77. The molecule has 2 aliphatic rings. The molecule has 1 aromatic heterocycles. The third-order valence-corrected chi connectivity index (χ3v) is 7.76. The summed E-state index contributed by atoms with van der Waals surface area (Å²) in [5, 5.41) is 4.93. The molecule has 7 nitrogen and oxygen atoms in total. The second-order valence-corrected chi connectivity index (χ2v) is 10.5. The third-order valence-electron chi connectivity index (χ3n) is 6.76. The first kappa shape index (κ1) is 25.5. The minimum Gasteiger partial charge on any atom is -0.491 e. The molecular formula is C27H37N3O4S. The highest BCUT2D eigenvalue weighted by molar-refractivity contribution is 7.10. The van der Waals surface area contributed by atoms with Crippen molar-refractivity contribution < 1.29 is 19.1 Å². The first-order chi connectivity index (χ1) is 17.0. The van der Waals surface area contributed by atoms with Gasteiger partial charge < -0.3 is 24.6 Å². The molecule has 4 rings (SSSR count). The van der Waals surface area contributed by atoms with E-state index in [1.807, 2.05) is 24.0 Å². The maximum absolute atomic E-state index is 13.6. The predicted octanol–water partition coefficient (Wildman–Crippen LogP) is 4.59. The molecule has 0 unspecified atom stereocenters. The van der Waals surface area contributed by atoms with Crippen molar-refractivity contribution in [3.63, 3.8) is 0 Å². The molecule has 2 aliphatic heterocycles. The topological polar surface area (TPSA) is 71.1 Å². The SMILES string of the molecule is CCNC(=O)N(CC(=O)N1CCc2sccc2[C@@H]1COc1ccc(C(C)C)cc1)C[C@H]1CCCO1. The van der Waals surface area contributed by atoms with Gasteiger partial charge >= 0.3 is 6.03 Å². The summed E-state index contributed by atoms with van der Waals surface area (Å²) in [5.74, 6) is 1.20. The molecule has 0 aliphatic carbocycles. The lowest BCUT2D eigenvalue weighted by molar-refractivity contribution is -0.135. The summed E-state index contributed by atoms with van der Waals surface area (Å²) in [6.45, 7) is 8.91. The second kappa shape index (κ2) is 11.9. The highest BCUT2D eigenvalue weighted by atomic mass is 32.1. The van der Waals surface area contributed by atoms with Gasteiger partial charge in [0.2, 0.25) is 5.91 Å². The monoisotopic (exact) mass is 499 g/mol. The Labute approximate surface area is 212 Å². The molecule has 1 saturated heterocycles. The van der Waals surface area contributed by atoms with E-state index in [-0.39, 0.29) is 30.6 Å². The van der Waals surface area contributed by atoms with Crippen molar-refractivity contribution in [1.29, 1.82) is 0 Å². The van der Waals surface area contributed by atoms with Gasteiger partial charge in [-0.1, -0.05) is 26.0 Å². The summed E-state index contributed by atoms with van der Waals surface area (Å²) in [4.78, 5) is 31.1. The van der Waals surface area contributed by atoms with Crippen LogP contribution in [0.4, 0.5) is 4.79 Å². The Hall–Kier alpha value is -2.58. The predicted molar refractivity (Wildman–Crippen MR) is 138 cm³/mol. The number of nitrogens with zero attached hydrogens (tertiary/aromatic N) is 2. The zero-order chi connectivity index (χ0) is 24.8. The molecule has 1 N–H and O–H groups in total. The summed E-state index contributed by atoms with van der Waals surface area (Å²) in [5.41, 5.74) is 2.42. The number of carbonyl (C=O) groups is 2. The van der Waals surface area contributed by atoms with Crippen LogP contribution in [0.3, 0.4) is 0 Å². The summed E-state index contributed by atoms with van der Waals surface area (Å²) in [6, 6.07) is 9.88. The summed E-state index contributed by atoms with van der Waals surface area (Å²) in [7, 11) is 0. The highest BCUT2D eigenvalue weighted by Gasteiger charge is 2.34. The molecule has 2 atom stereocenters. The van der Waals surface area contributed by atoms with Crippen molar-refractivity contribution in [1.82, 2.24) is 15.1 Å². The summed E-state index contributed by atoms with van der Waals surface area (Å²) >= 11 is 1.73. The molecule has 8 heteroatoms. The van der Waals surface area contributed by atoms with Gasteiger partial charge in [0.25, 0.3) is 0 Å². The van der Waals surface area contributed by atoms with E-state index in [2.05, 4.69) is 42.7 Å². The number of benzene rings is 1. The number of ether oxygens (including phenoxy) is 2. The Morgan fingerprint density at radius 1 is 1.26 bits per heavy atom. The normalized spacial score (nSPS) is 19.5. The highest BCUT2D eigenvalue weighted by Crippen LogP contribution is 2.34. The van der Waals surface area contributed by atoms with E-state index in [9.17, 15) is 9.59 Å². The molecule has 190 valence electrons. The lowest BCUT2D eigenvalue weighted by Gasteiger charge is -2.37. The van der Waals surface area contributed by atoms with Gasteiger partial charge in [-0.15, -0.1) is 11.3 Å². The summed E-state index contributed by atoms with van der Waals surface area (Å²) in [6.07, 6.45) is 2.72. The van der Waals surface area contributed by atoms with Crippen LogP contribution in [0.25, 0.3) is 0 Å². The van der Waals surface area contributed by atoms with Crippen molar-refractivity contribution in [3.05, 3.63) is 51.7 Å². The zero-order valence-corrected chi connectivity index (χ0v) is 21.8. The van der Waals surface area contributed by atoms with Crippen molar-refractivity contribution >= 4 is 23.3 Å². The van der Waals surface area contributed by atoms with Crippen LogP contribution in [0.5, 0.6) is 5.75 Å². The van der Waals surface area contributed by atoms with Crippen LogP contribution >= 0.6 is 11.3 Å². The number of fused-ring (bicyclic) bond motifs is 1. The lowest BCUT2D eigenvalue weighted by Crippen LogP contribution is -2.51. The molecular weight excluding hydrogens is 462 g/mol. The Bertz CT molecular complexity index is 985. The molecule has 0 saturated carbocycles. The van der Waals surface area contributed by atoms with Gasteiger partial charge in [-0.2, -0.15) is 0 Å². The molecule has 0 bridgehead atoms. The fraction of sp³-hybridized carbons (Fsp3) is 0.556. The average molecular weight is 500 g/mol. The van der Waals surface area contributed by atoms with E-state index < -0.39 is 0 Å². The van der Waals surface area contributed by atoms with Crippen LogP contribution in [0.15, 0.2) is 35.7 Å². The van der Waals surface area contributed by atoms with E-state index in [0.717, 1.165) is 30.6 Å². The second-order valence-electron chi connectivity index (χ2n) is 9.54. The van der Waals surface area contributed by atoms with Gasteiger partial charge in [-0.3, -0.25) is 4.79 Å². The van der Waals surface area contributed by atoms with Crippen molar-refractivity contribution in [3.8, 4) is 5.75 Å². The third kappa shape index (κ3) is 6.35. The smallest absolute Gasteiger partial charge is 0.317 e. The van der Waals surface area contributed by atoms with Gasteiger partial charge in [0.05, 0.1) is 12.1 Å². The number of nitrogens with one attached hydrogen (secondary N) is 1. The maximum atomic E-state index is 13.6. The maximum Gasteiger partial charge on any atom is 0.317 e. The molecule has 35 heavy (non-hydrogen) atoms. The van der Waals surface area contributed by atoms with Crippen LogP contribution < -0.4 is 10.1 Å². The fourth-order valence-corrected chi connectivity index (χ4v) is 5.70. The molecule has 0 radical (unpaired) electrons. The van der Waals surface area contributed by atoms with Crippen LogP contribution in [0.1, 0.15) is 61.6 Å². The standard InChI is InChI=1S/C27H37N3O4S/c1-4-28-27(32)29(16-22-6-5-14-33-22)17-26(31)30-13-11-25-23(12-15-35-25)24(30)18-34-21-9-7-20(8-10-21)19(2)3/h7-10,12,15,19,22,24H,4-6,11,13-14,16-18H2,1-3H3,(H,28,32)/t22-,24+/m1/s1. The zero-order valence-electron chi connectivity index (χ0n) is 21.0. The number of hydrogen-bond acceptors (Lipinski definition) is 5. The molecule has 3 amide bonds. The number of amides is 3. The van der Waals surface area contributed by atoms with Crippen LogP contribution in [0, 0.1) is 0 Å². The molecule has 0 spiro atoms. The lowest BCUT2D eigenvalue weighted by atomic mass is 10.00.